The number of carbonyl (C=O) groups excluding carboxylic acids is 1. The van der Waals surface area contributed by atoms with Gasteiger partial charge >= 0.3 is 6.03 Å². The predicted octanol–water partition coefficient (Wildman–Crippen LogP) is 6.94. The minimum atomic E-state index is -0.370. The van der Waals surface area contributed by atoms with Crippen molar-refractivity contribution in [3.63, 3.8) is 0 Å². The molecule has 4 rings (SSSR count). The molecule has 0 radical (unpaired) electrons. The number of urea groups is 1. The Morgan fingerprint density at radius 3 is 2.49 bits per heavy atom. The van der Waals surface area contributed by atoms with Gasteiger partial charge in [0.15, 0.2) is 11.0 Å². The topological polar surface area (TPSA) is 71.8 Å². The first-order valence-electron chi connectivity index (χ1n) is 10.7. The van der Waals surface area contributed by atoms with Crippen molar-refractivity contribution in [2.75, 3.05) is 5.32 Å². The number of aromatic nitrogens is 3. The summed E-state index contributed by atoms with van der Waals surface area (Å²) in [7, 11) is 0. The van der Waals surface area contributed by atoms with E-state index in [0.717, 1.165) is 16.7 Å². The Labute approximate surface area is 216 Å². The minimum absolute atomic E-state index is 0.111. The highest BCUT2D eigenvalue weighted by Gasteiger charge is 2.18. The highest BCUT2D eigenvalue weighted by atomic mass is 35.5. The molecule has 0 aliphatic carbocycles. The Morgan fingerprint density at radius 1 is 1.00 bits per heavy atom. The number of aryl methyl sites for hydroxylation is 2. The van der Waals surface area contributed by atoms with Crippen LogP contribution in [-0.2, 0) is 12.3 Å². The van der Waals surface area contributed by atoms with Crippen molar-refractivity contribution >= 4 is 46.7 Å². The molecular formula is C25H22Cl2FN5OS. The number of nitrogens with zero attached hydrogens (tertiary/aromatic N) is 3. The molecule has 0 saturated heterocycles. The molecule has 0 atom stereocenters. The third-order valence-corrected chi connectivity index (χ3v) is 6.84. The van der Waals surface area contributed by atoms with Crippen LogP contribution in [0, 0.1) is 19.7 Å². The first-order valence-corrected chi connectivity index (χ1v) is 12.4. The SMILES string of the molecule is Cc1ccc(NC(=O)NCc2nnc(SCc3ccc(F)cc3)n2-c2ccc(Cl)cc2Cl)cc1C. The summed E-state index contributed by atoms with van der Waals surface area (Å²) in [6.07, 6.45) is 0. The maximum Gasteiger partial charge on any atom is 0.319 e. The number of thioether (sulfide) groups is 1. The number of halogens is 3. The summed E-state index contributed by atoms with van der Waals surface area (Å²) in [5.74, 6) is 0.748. The normalized spacial score (nSPS) is 10.9. The highest BCUT2D eigenvalue weighted by molar-refractivity contribution is 7.98. The quantitative estimate of drug-likeness (QED) is 0.254. The summed E-state index contributed by atoms with van der Waals surface area (Å²) in [6.45, 7) is 4.11. The van der Waals surface area contributed by atoms with Crippen LogP contribution in [0.2, 0.25) is 10.0 Å². The molecule has 0 spiro atoms. The van der Waals surface area contributed by atoms with E-state index in [9.17, 15) is 9.18 Å². The average molecular weight is 530 g/mol. The first kappa shape index (κ1) is 25.0. The van der Waals surface area contributed by atoms with Gasteiger partial charge in [-0.15, -0.1) is 10.2 Å². The van der Waals surface area contributed by atoms with E-state index >= 15 is 0 Å². The van der Waals surface area contributed by atoms with Crippen LogP contribution in [0.1, 0.15) is 22.5 Å². The molecule has 3 aromatic carbocycles. The molecule has 2 N–H and O–H groups in total. The highest BCUT2D eigenvalue weighted by Crippen LogP contribution is 2.30. The van der Waals surface area contributed by atoms with Crippen LogP contribution >= 0.6 is 35.0 Å². The average Bonchev–Trinajstić information content (AvgIpc) is 3.22. The largest absolute Gasteiger partial charge is 0.331 e. The molecule has 4 aromatic rings. The predicted molar refractivity (Wildman–Crippen MR) is 139 cm³/mol. The number of hydrogen-bond acceptors (Lipinski definition) is 4. The van der Waals surface area contributed by atoms with Crippen molar-refractivity contribution in [2.24, 2.45) is 0 Å². The van der Waals surface area contributed by atoms with Gasteiger partial charge < -0.3 is 10.6 Å². The van der Waals surface area contributed by atoms with E-state index in [4.69, 9.17) is 23.2 Å². The molecule has 0 aliphatic heterocycles. The third-order valence-electron chi connectivity index (χ3n) is 5.30. The Morgan fingerprint density at radius 2 is 1.77 bits per heavy atom. The fraction of sp³-hybridized carbons (Fsp3) is 0.160. The van der Waals surface area contributed by atoms with Crippen LogP contribution in [0.3, 0.4) is 0 Å². The Bertz CT molecular complexity index is 1360. The summed E-state index contributed by atoms with van der Waals surface area (Å²) >= 11 is 14.0. The molecule has 0 bridgehead atoms. The van der Waals surface area contributed by atoms with Gasteiger partial charge in [-0.25, -0.2) is 9.18 Å². The molecule has 6 nitrogen and oxygen atoms in total. The van der Waals surface area contributed by atoms with Crippen molar-refractivity contribution in [3.8, 4) is 5.69 Å². The number of benzene rings is 3. The zero-order valence-corrected chi connectivity index (χ0v) is 21.3. The summed E-state index contributed by atoms with van der Waals surface area (Å²) < 4.78 is 15.0. The lowest BCUT2D eigenvalue weighted by atomic mass is 10.1. The van der Waals surface area contributed by atoms with Gasteiger partial charge in [0.2, 0.25) is 0 Å². The van der Waals surface area contributed by atoms with E-state index in [0.29, 0.717) is 38.2 Å². The monoisotopic (exact) mass is 529 g/mol. The molecule has 1 heterocycles. The second-order valence-corrected chi connectivity index (χ2v) is 9.64. The molecule has 0 unspecified atom stereocenters. The lowest BCUT2D eigenvalue weighted by Gasteiger charge is -2.13. The molecular weight excluding hydrogens is 508 g/mol. The Balaban J connectivity index is 1.54. The fourth-order valence-electron chi connectivity index (χ4n) is 3.30. The Hall–Kier alpha value is -3.07. The number of hydrogen-bond donors (Lipinski definition) is 2. The van der Waals surface area contributed by atoms with Gasteiger partial charge in [-0.1, -0.05) is 53.2 Å². The van der Waals surface area contributed by atoms with E-state index in [-0.39, 0.29) is 18.4 Å². The maximum absolute atomic E-state index is 13.2. The van der Waals surface area contributed by atoms with Crippen molar-refractivity contribution < 1.29 is 9.18 Å². The summed E-state index contributed by atoms with van der Waals surface area (Å²) in [4.78, 5) is 12.5. The lowest BCUT2D eigenvalue weighted by Crippen LogP contribution is -2.29. The lowest BCUT2D eigenvalue weighted by molar-refractivity contribution is 0.251. The molecule has 10 heteroatoms. The van der Waals surface area contributed by atoms with Crippen LogP contribution in [-0.4, -0.2) is 20.8 Å². The number of anilines is 1. The van der Waals surface area contributed by atoms with E-state index < -0.39 is 0 Å². The number of nitrogens with one attached hydrogen (secondary N) is 2. The van der Waals surface area contributed by atoms with Gasteiger partial charge in [0.25, 0.3) is 0 Å². The second kappa shape index (κ2) is 11.1. The smallest absolute Gasteiger partial charge is 0.319 e. The van der Waals surface area contributed by atoms with Crippen LogP contribution in [0.5, 0.6) is 0 Å². The van der Waals surface area contributed by atoms with Gasteiger partial charge in [0.05, 0.1) is 17.3 Å². The first-order chi connectivity index (χ1) is 16.8. The number of rotatable bonds is 7. The maximum atomic E-state index is 13.2. The third kappa shape index (κ3) is 6.33. The van der Waals surface area contributed by atoms with Crippen LogP contribution in [0.4, 0.5) is 14.9 Å². The number of carbonyl (C=O) groups is 1. The van der Waals surface area contributed by atoms with Crippen molar-refractivity contribution in [1.29, 1.82) is 0 Å². The summed E-state index contributed by atoms with van der Waals surface area (Å²) in [6, 6.07) is 16.7. The molecule has 35 heavy (non-hydrogen) atoms. The Kier molecular flexibility index (Phi) is 7.95. The molecule has 1 aromatic heterocycles. The standard InChI is InChI=1S/C25H22Cl2FN5OS/c1-15-3-9-20(11-16(15)2)30-24(34)29-13-23-31-32-25(35-14-17-4-7-19(28)8-5-17)33(23)22-10-6-18(26)12-21(22)27/h3-12H,13-14H2,1-2H3,(H2,29,30,34). The van der Waals surface area contributed by atoms with E-state index in [1.54, 1.807) is 34.9 Å². The minimum Gasteiger partial charge on any atom is -0.331 e. The number of amides is 2. The van der Waals surface area contributed by atoms with Crippen LogP contribution in [0.15, 0.2) is 65.8 Å². The zero-order valence-electron chi connectivity index (χ0n) is 19.0. The fourth-order valence-corrected chi connectivity index (χ4v) is 4.71. The van der Waals surface area contributed by atoms with Crippen LogP contribution in [0.25, 0.3) is 5.69 Å². The van der Waals surface area contributed by atoms with Gasteiger partial charge in [0, 0.05) is 16.5 Å². The van der Waals surface area contributed by atoms with Crippen molar-refractivity contribution in [1.82, 2.24) is 20.1 Å². The summed E-state index contributed by atoms with van der Waals surface area (Å²) in [5, 5.41) is 15.7. The van der Waals surface area contributed by atoms with Crippen molar-refractivity contribution in [2.45, 2.75) is 31.3 Å². The van der Waals surface area contributed by atoms with Gasteiger partial charge in [-0.05, 0) is 73.0 Å². The van der Waals surface area contributed by atoms with Crippen LogP contribution < -0.4 is 10.6 Å². The molecule has 0 aliphatic rings. The van der Waals surface area contributed by atoms with E-state index in [1.165, 1.54) is 23.9 Å². The molecule has 180 valence electrons. The van der Waals surface area contributed by atoms with E-state index in [2.05, 4.69) is 20.8 Å². The second-order valence-electron chi connectivity index (χ2n) is 7.85. The van der Waals surface area contributed by atoms with Gasteiger partial charge in [-0.2, -0.15) is 0 Å². The van der Waals surface area contributed by atoms with Crippen molar-refractivity contribution in [3.05, 3.63) is 99.0 Å². The van der Waals surface area contributed by atoms with E-state index in [1.807, 2.05) is 32.0 Å². The molecule has 2 amide bonds. The van der Waals surface area contributed by atoms with Gasteiger partial charge in [-0.3, -0.25) is 4.57 Å². The summed E-state index contributed by atoms with van der Waals surface area (Å²) in [5.41, 5.74) is 4.50. The van der Waals surface area contributed by atoms with Gasteiger partial charge in [0.1, 0.15) is 5.82 Å². The molecule has 0 fully saturated rings. The molecule has 0 saturated carbocycles. The zero-order chi connectivity index (χ0) is 24.9.